The highest BCUT2D eigenvalue weighted by Gasteiger charge is 2.34. The number of amides is 1. The van der Waals surface area contributed by atoms with Crippen LogP contribution in [0.4, 0.5) is 0 Å². The van der Waals surface area contributed by atoms with Crippen LogP contribution < -0.4 is 0 Å². The molecule has 4 rings (SSSR count). The molecule has 2 aromatic rings. The summed E-state index contributed by atoms with van der Waals surface area (Å²) in [7, 11) is 0. The third-order valence-corrected chi connectivity index (χ3v) is 4.85. The molecule has 1 amide bonds. The molecule has 0 saturated carbocycles. The summed E-state index contributed by atoms with van der Waals surface area (Å²) in [6.45, 7) is 3.36. The van der Waals surface area contributed by atoms with E-state index >= 15 is 0 Å². The first kappa shape index (κ1) is 14.4. The van der Waals surface area contributed by atoms with E-state index in [1.54, 1.807) is 6.20 Å². The molecule has 0 bridgehead atoms. The molecule has 0 spiro atoms. The highest BCUT2D eigenvalue weighted by atomic mass is 16.2. The topological polar surface area (TPSA) is 65.1 Å². The Morgan fingerprint density at radius 1 is 1.22 bits per heavy atom. The number of nitrogens with one attached hydrogen (secondary N) is 1. The lowest BCUT2D eigenvalue weighted by atomic mass is 10.0. The molecule has 1 saturated heterocycles. The predicted molar refractivity (Wildman–Crippen MR) is 85.5 cm³/mol. The standard InChI is InChI=1S/C17H21N5O/c23-17(22-9-5-15-14(12-22)11-19-20-15)16(21-7-1-2-8-21)13-4-3-6-18-10-13/h3-4,6,10-11,16H,1-2,5,7-9,12H2,(H,19,20). The van der Waals surface area contributed by atoms with Gasteiger partial charge in [-0.1, -0.05) is 6.07 Å². The fourth-order valence-electron chi connectivity index (χ4n) is 3.63. The first-order valence-corrected chi connectivity index (χ1v) is 8.27. The third kappa shape index (κ3) is 2.74. The highest BCUT2D eigenvalue weighted by Crippen LogP contribution is 2.28. The number of hydrogen-bond donors (Lipinski definition) is 1. The smallest absolute Gasteiger partial charge is 0.244 e. The van der Waals surface area contributed by atoms with Gasteiger partial charge in [0, 0.05) is 43.2 Å². The summed E-state index contributed by atoms with van der Waals surface area (Å²) in [5, 5.41) is 7.12. The van der Waals surface area contributed by atoms with Crippen molar-refractivity contribution in [1.29, 1.82) is 0 Å². The Labute approximate surface area is 135 Å². The summed E-state index contributed by atoms with van der Waals surface area (Å²) < 4.78 is 0. The summed E-state index contributed by atoms with van der Waals surface area (Å²) in [6.07, 6.45) is 8.60. The van der Waals surface area contributed by atoms with Crippen molar-refractivity contribution < 1.29 is 4.79 Å². The lowest BCUT2D eigenvalue weighted by Crippen LogP contribution is -2.44. The molecule has 6 nitrogen and oxygen atoms in total. The lowest BCUT2D eigenvalue weighted by Gasteiger charge is -2.34. The molecule has 1 fully saturated rings. The second-order valence-corrected chi connectivity index (χ2v) is 6.32. The largest absolute Gasteiger partial charge is 0.336 e. The number of pyridine rings is 1. The minimum atomic E-state index is -0.209. The van der Waals surface area contributed by atoms with Gasteiger partial charge in [0.1, 0.15) is 6.04 Å². The number of aromatic nitrogens is 3. The quantitative estimate of drug-likeness (QED) is 0.933. The van der Waals surface area contributed by atoms with Gasteiger partial charge >= 0.3 is 0 Å². The molecular weight excluding hydrogens is 290 g/mol. The van der Waals surface area contributed by atoms with Crippen LogP contribution in [0.25, 0.3) is 0 Å². The molecule has 0 aliphatic carbocycles. The Balaban J connectivity index is 1.60. The predicted octanol–water partition coefficient (Wildman–Crippen LogP) is 1.53. The highest BCUT2D eigenvalue weighted by molar-refractivity contribution is 5.83. The minimum Gasteiger partial charge on any atom is -0.336 e. The number of rotatable bonds is 3. The minimum absolute atomic E-state index is 0.187. The lowest BCUT2D eigenvalue weighted by molar-refractivity contribution is -0.138. The summed E-state index contributed by atoms with van der Waals surface area (Å²) in [6, 6.07) is 3.72. The number of aromatic amines is 1. The third-order valence-electron chi connectivity index (χ3n) is 4.85. The van der Waals surface area contributed by atoms with Gasteiger partial charge in [0.25, 0.3) is 0 Å². The van der Waals surface area contributed by atoms with Gasteiger partial charge in [-0.15, -0.1) is 0 Å². The van der Waals surface area contributed by atoms with E-state index in [0.717, 1.165) is 55.7 Å². The van der Waals surface area contributed by atoms with E-state index in [1.807, 2.05) is 29.4 Å². The van der Waals surface area contributed by atoms with Crippen LogP contribution in [0, 0.1) is 0 Å². The monoisotopic (exact) mass is 311 g/mol. The summed E-state index contributed by atoms with van der Waals surface area (Å²) >= 11 is 0. The van der Waals surface area contributed by atoms with E-state index in [9.17, 15) is 4.79 Å². The maximum absolute atomic E-state index is 13.2. The van der Waals surface area contributed by atoms with Crippen LogP contribution in [-0.2, 0) is 17.8 Å². The van der Waals surface area contributed by atoms with Crippen molar-refractivity contribution in [2.45, 2.75) is 31.8 Å². The molecule has 1 unspecified atom stereocenters. The first-order chi connectivity index (χ1) is 11.3. The van der Waals surface area contributed by atoms with E-state index in [-0.39, 0.29) is 11.9 Å². The maximum Gasteiger partial charge on any atom is 0.244 e. The maximum atomic E-state index is 13.2. The van der Waals surface area contributed by atoms with Crippen LogP contribution in [0.1, 0.15) is 35.7 Å². The average Bonchev–Trinajstić information content (AvgIpc) is 3.27. The van der Waals surface area contributed by atoms with Crippen molar-refractivity contribution in [1.82, 2.24) is 25.0 Å². The van der Waals surface area contributed by atoms with Gasteiger partial charge in [0.05, 0.1) is 6.20 Å². The van der Waals surface area contributed by atoms with Crippen LogP contribution >= 0.6 is 0 Å². The molecule has 4 heterocycles. The number of carbonyl (C=O) groups is 1. The van der Waals surface area contributed by atoms with Crippen molar-refractivity contribution in [2.75, 3.05) is 19.6 Å². The molecule has 2 aromatic heterocycles. The van der Waals surface area contributed by atoms with Gasteiger partial charge in [0.15, 0.2) is 0 Å². The number of fused-ring (bicyclic) bond motifs is 1. The molecule has 1 atom stereocenters. The molecule has 0 aromatic carbocycles. The normalized spacial score (nSPS) is 19.6. The van der Waals surface area contributed by atoms with Crippen molar-refractivity contribution in [3.63, 3.8) is 0 Å². The van der Waals surface area contributed by atoms with Gasteiger partial charge < -0.3 is 4.90 Å². The van der Waals surface area contributed by atoms with Gasteiger partial charge in [0.2, 0.25) is 5.91 Å². The molecule has 2 aliphatic heterocycles. The van der Waals surface area contributed by atoms with E-state index in [4.69, 9.17) is 0 Å². The molecule has 6 heteroatoms. The number of nitrogens with zero attached hydrogens (tertiary/aromatic N) is 4. The van der Waals surface area contributed by atoms with Gasteiger partial charge in [-0.3, -0.25) is 19.8 Å². The molecular formula is C17H21N5O. The van der Waals surface area contributed by atoms with Crippen molar-refractivity contribution in [2.24, 2.45) is 0 Å². The Hall–Kier alpha value is -2.21. The number of hydrogen-bond acceptors (Lipinski definition) is 4. The summed E-state index contributed by atoms with van der Waals surface area (Å²) in [4.78, 5) is 21.7. The van der Waals surface area contributed by atoms with Crippen LogP contribution in [0.15, 0.2) is 30.7 Å². The fraction of sp³-hybridized carbons (Fsp3) is 0.471. The van der Waals surface area contributed by atoms with Crippen LogP contribution in [0.2, 0.25) is 0 Å². The van der Waals surface area contributed by atoms with Crippen LogP contribution in [-0.4, -0.2) is 50.5 Å². The van der Waals surface area contributed by atoms with Gasteiger partial charge in [-0.2, -0.15) is 5.10 Å². The van der Waals surface area contributed by atoms with Gasteiger partial charge in [-0.05, 0) is 37.6 Å². The van der Waals surface area contributed by atoms with E-state index in [1.165, 1.54) is 0 Å². The van der Waals surface area contributed by atoms with E-state index in [2.05, 4.69) is 20.1 Å². The zero-order valence-corrected chi connectivity index (χ0v) is 13.1. The first-order valence-electron chi connectivity index (χ1n) is 8.27. The van der Waals surface area contributed by atoms with Crippen LogP contribution in [0.3, 0.4) is 0 Å². The Morgan fingerprint density at radius 2 is 2.09 bits per heavy atom. The van der Waals surface area contributed by atoms with E-state index in [0.29, 0.717) is 6.54 Å². The van der Waals surface area contributed by atoms with Crippen molar-refractivity contribution in [3.05, 3.63) is 47.5 Å². The summed E-state index contributed by atoms with van der Waals surface area (Å²) in [5.74, 6) is 0.187. The fourth-order valence-corrected chi connectivity index (χ4v) is 3.63. The second kappa shape index (κ2) is 6.12. The molecule has 23 heavy (non-hydrogen) atoms. The van der Waals surface area contributed by atoms with Crippen LogP contribution in [0.5, 0.6) is 0 Å². The second-order valence-electron chi connectivity index (χ2n) is 6.32. The SMILES string of the molecule is O=C(C(c1cccnc1)N1CCCC1)N1CCc2[nH]ncc2C1. The summed E-state index contributed by atoms with van der Waals surface area (Å²) in [5.41, 5.74) is 3.29. The Morgan fingerprint density at radius 3 is 2.87 bits per heavy atom. The number of H-pyrrole nitrogens is 1. The molecule has 1 N–H and O–H groups in total. The molecule has 120 valence electrons. The zero-order chi connectivity index (χ0) is 15.6. The Kier molecular flexibility index (Phi) is 3.83. The number of likely N-dealkylation sites (tertiary alicyclic amines) is 1. The zero-order valence-electron chi connectivity index (χ0n) is 13.1. The number of carbonyl (C=O) groups excluding carboxylic acids is 1. The Bertz CT molecular complexity index is 677. The van der Waals surface area contributed by atoms with Crippen molar-refractivity contribution in [3.8, 4) is 0 Å². The van der Waals surface area contributed by atoms with E-state index < -0.39 is 0 Å². The van der Waals surface area contributed by atoms with Crippen molar-refractivity contribution >= 4 is 5.91 Å². The van der Waals surface area contributed by atoms with Gasteiger partial charge in [-0.25, -0.2) is 0 Å². The molecule has 0 radical (unpaired) electrons. The average molecular weight is 311 g/mol. The molecule has 2 aliphatic rings.